The second-order valence-electron chi connectivity index (χ2n) is 2.54. The molecule has 1 aromatic rings. The average Bonchev–Trinajstić information content (AvgIpc) is 2.62. The second-order valence-corrected chi connectivity index (χ2v) is 2.54. The number of azide groups is 1. The molecule has 1 aromatic carbocycles. The zero-order chi connectivity index (χ0) is 9.10. The molecule has 1 heterocycles. The maximum Gasteiger partial charge on any atom is 0.231 e. The monoisotopic (exact) mass is 177 g/mol. The van der Waals surface area contributed by atoms with Gasteiger partial charge >= 0.3 is 0 Å². The minimum atomic E-state index is 0.239. The second kappa shape index (κ2) is 3.25. The average molecular weight is 177 g/mol. The molecule has 0 unspecified atom stereocenters. The molecule has 0 amide bonds. The van der Waals surface area contributed by atoms with Gasteiger partial charge in [0, 0.05) is 10.5 Å². The van der Waals surface area contributed by atoms with Crippen LogP contribution in [0.2, 0.25) is 0 Å². The van der Waals surface area contributed by atoms with E-state index in [4.69, 9.17) is 15.0 Å². The van der Waals surface area contributed by atoms with E-state index in [0.717, 1.165) is 5.56 Å². The number of ether oxygens (including phenoxy) is 2. The summed E-state index contributed by atoms with van der Waals surface area (Å²) in [6, 6.07) is 5.51. The van der Waals surface area contributed by atoms with Crippen molar-refractivity contribution < 1.29 is 9.47 Å². The molecule has 1 aliphatic heterocycles. The van der Waals surface area contributed by atoms with Gasteiger partial charge in [-0.1, -0.05) is 17.2 Å². The third-order valence-corrected chi connectivity index (χ3v) is 1.78. The van der Waals surface area contributed by atoms with Crippen LogP contribution >= 0.6 is 0 Å². The molecule has 66 valence electrons. The molecule has 0 atom stereocenters. The molecule has 1 aliphatic rings. The van der Waals surface area contributed by atoms with Crippen molar-refractivity contribution in [3.05, 3.63) is 34.2 Å². The zero-order valence-electron chi connectivity index (χ0n) is 6.80. The molecular weight excluding hydrogens is 170 g/mol. The molecule has 0 aliphatic carbocycles. The highest BCUT2D eigenvalue weighted by Gasteiger charge is 2.15. The van der Waals surface area contributed by atoms with Crippen LogP contribution in [0, 0.1) is 0 Å². The Labute approximate surface area is 74.5 Å². The lowest BCUT2D eigenvalue weighted by Crippen LogP contribution is -1.94. The lowest BCUT2D eigenvalue weighted by atomic mass is 10.2. The van der Waals surface area contributed by atoms with Crippen LogP contribution in [0.4, 0.5) is 0 Å². The van der Waals surface area contributed by atoms with E-state index in [1.807, 2.05) is 18.2 Å². The predicted molar refractivity (Wildman–Crippen MR) is 45.4 cm³/mol. The van der Waals surface area contributed by atoms with E-state index in [9.17, 15) is 0 Å². The summed E-state index contributed by atoms with van der Waals surface area (Å²) in [7, 11) is 0. The fourth-order valence-corrected chi connectivity index (χ4v) is 1.22. The maximum absolute atomic E-state index is 8.16. The van der Waals surface area contributed by atoms with Gasteiger partial charge in [-0.3, -0.25) is 0 Å². The van der Waals surface area contributed by atoms with Crippen molar-refractivity contribution in [1.82, 2.24) is 0 Å². The van der Waals surface area contributed by atoms with Gasteiger partial charge in [0.15, 0.2) is 11.5 Å². The van der Waals surface area contributed by atoms with Gasteiger partial charge in [-0.05, 0) is 11.6 Å². The smallest absolute Gasteiger partial charge is 0.231 e. The van der Waals surface area contributed by atoms with E-state index in [1.165, 1.54) is 0 Å². The Morgan fingerprint density at radius 2 is 2.38 bits per heavy atom. The zero-order valence-corrected chi connectivity index (χ0v) is 6.80. The number of rotatable bonds is 2. The third kappa shape index (κ3) is 1.37. The Kier molecular flexibility index (Phi) is 1.94. The lowest BCUT2D eigenvalue weighted by Gasteiger charge is -2.00. The summed E-state index contributed by atoms with van der Waals surface area (Å²) in [5.74, 6) is 1.40. The van der Waals surface area contributed by atoms with Crippen molar-refractivity contribution in [2.24, 2.45) is 5.11 Å². The Morgan fingerprint density at radius 3 is 3.23 bits per heavy atom. The van der Waals surface area contributed by atoms with Crippen molar-refractivity contribution in [3.63, 3.8) is 0 Å². The molecule has 0 radical (unpaired) electrons. The summed E-state index contributed by atoms with van der Waals surface area (Å²) < 4.78 is 10.4. The first-order valence-corrected chi connectivity index (χ1v) is 3.80. The van der Waals surface area contributed by atoms with E-state index < -0.39 is 0 Å². The van der Waals surface area contributed by atoms with Crippen LogP contribution < -0.4 is 9.47 Å². The summed E-state index contributed by atoms with van der Waals surface area (Å²) in [4.78, 5) is 2.69. The van der Waals surface area contributed by atoms with Crippen LogP contribution in [0.15, 0.2) is 23.3 Å². The Morgan fingerprint density at radius 1 is 1.46 bits per heavy atom. The predicted octanol–water partition coefficient (Wildman–Crippen LogP) is 2.23. The van der Waals surface area contributed by atoms with Crippen molar-refractivity contribution in [3.8, 4) is 11.5 Å². The van der Waals surface area contributed by atoms with Crippen LogP contribution in [0.25, 0.3) is 10.4 Å². The molecule has 0 saturated carbocycles. The van der Waals surface area contributed by atoms with Gasteiger partial charge in [0.25, 0.3) is 0 Å². The molecule has 2 rings (SSSR count). The number of hydrogen-bond donors (Lipinski definition) is 0. The summed E-state index contributed by atoms with van der Waals surface area (Å²) in [5, 5.41) is 3.46. The Bertz CT molecular complexity index is 372. The van der Waals surface area contributed by atoms with Gasteiger partial charge < -0.3 is 9.47 Å². The third-order valence-electron chi connectivity index (χ3n) is 1.78. The highest BCUT2D eigenvalue weighted by atomic mass is 16.7. The van der Waals surface area contributed by atoms with Gasteiger partial charge in [0.05, 0.1) is 6.54 Å². The standard InChI is InChI=1S/C8H7N3O2/c9-11-10-4-6-2-1-3-7-8(6)13-5-12-7/h1-3H,4-5H2. The molecule has 0 saturated heterocycles. The number of nitrogens with zero attached hydrogens (tertiary/aromatic N) is 3. The summed E-state index contributed by atoms with van der Waals surface area (Å²) in [6.45, 7) is 0.533. The molecule has 0 bridgehead atoms. The molecule has 5 heteroatoms. The number of fused-ring (bicyclic) bond motifs is 1. The largest absolute Gasteiger partial charge is 0.454 e. The molecule has 0 N–H and O–H groups in total. The van der Waals surface area contributed by atoms with Crippen LogP contribution in [-0.4, -0.2) is 6.79 Å². The van der Waals surface area contributed by atoms with E-state index in [1.54, 1.807) is 0 Å². The minimum absolute atomic E-state index is 0.239. The summed E-state index contributed by atoms with van der Waals surface area (Å²) in [6.07, 6.45) is 0. The van der Waals surface area contributed by atoms with Crippen molar-refractivity contribution in [2.75, 3.05) is 6.79 Å². The van der Waals surface area contributed by atoms with Crippen LogP contribution in [-0.2, 0) is 6.54 Å². The Balaban J connectivity index is 2.35. The fourth-order valence-electron chi connectivity index (χ4n) is 1.22. The minimum Gasteiger partial charge on any atom is -0.454 e. The molecule has 0 aromatic heterocycles. The summed E-state index contributed by atoms with van der Waals surface area (Å²) >= 11 is 0. The highest BCUT2D eigenvalue weighted by molar-refractivity contribution is 5.48. The Hall–Kier alpha value is -1.87. The molecule has 13 heavy (non-hydrogen) atoms. The summed E-state index contributed by atoms with van der Waals surface area (Å²) in [5.41, 5.74) is 9.02. The first-order chi connectivity index (χ1) is 6.42. The van der Waals surface area contributed by atoms with Gasteiger partial charge in [0.1, 0.15) is 0 Å². The van der Waals surface area contributed by atoms with E-state index in [2.05, 4.69) is 10.0 Å². The van der Waals surface area contributed by atoms with Gasteiger partial charge in [-0.15, -0.1) is 0 Å². The van der Waals surface area contributed by atoms with E-state index in [0.29, 0.717) is 18.0 Å². The SMILES string of the molecule is [N-]=[N+]=NCc1cccc2c1OCO2. The molecule has 5 nitrogen and oxygen atoms in total. The number of benzene rings is 1. The van der Waals surface area contributed by atoms with E-state index >= 15 is 0 Å². The van der Waals surface area contributed by atoms with Gasteiger partial charge in [-0.2, -0.15) is 0 Å². The number of para-hydroxylation sites is 1. The first kappa shape index (κ1) is 7.76. The van der Waals surface area contributed by atoms with Crippen molar-refractivity contribution >= 4 is 0 Å². The van der Waals surface area contributed by atoms with Crippen LogP contribution in [0.5, 0.6) is 11.5 Å². The van der Waals surface area contributed by atoms with Gasteiger partial charge in [0.2, 0.25) is 6.79 Å². The van der Waals surface area contributed by atoms with E-state index in [-0.39, 0.29) is 6.79 Å². The molecular formula is C8H7N3O2. The maximum atomic E-state index is 8.16. The lowest BCUT2D eigenvalue weighted by molar-refractivity contribution is 0.173. The topological polar surface area (TPSA) is 67.2 Å². The normalized spacial score (nSPS) is 12.3. The van der Waals surface area contributed by atoms with Crippen molar-refractivity contribution in [1.29, 1.82) is 0 Å². The number of hydrogen-bond acceptors (Lipinski definition) is 3. The van der Waals surface area contributed by atoms with Crippen LogP contribution in [0.1, 0.15) is 5.56 Å². The first-order valence-electron chi connectivity index (χ1n) is 3.80. The van der Waals surface area contributed by atoms with Crippen LogP contribution in [0.3, 0.4) is 0 Å². The molecule has 0 fully saturated rings. The van der Waals surface area contributed by atoms with Crippen molar-refractivity contribution in [2.45, 2.75) is 6.54 Å². The highest BCUT2D eigenvalue weighted by Crippen LogP contribution is 2.35. The molecule has 0 spiro atoms. The quantitative estimate of drug-likeness (QED) is 0.395. The van der Waals surface area contributed by atoms with Gasteiger partial charge in [-0.25, -0.2) is 0 Å². The fraction of sp³-hybridized carbons (Fsp3) is 0.250.